The van der Waals surface area contributed by atoms with Crippen LogP contribution in [0.15, 0.2) is 22.7 Å². The number of nitrogens with zero attached hydrogens (tertiary/aromatic N) is 1. The van der Waals surface area contributed by atoms with Crippen LogP contribution in [0.5, 0.6) is 0 Å². The molecule has 1 heterocycles. The maximum absolute atomic E-state index is 13.4. The Hall–Kier alpha value is -0.460. The van der Waals surface area contributed by atoms with E-state index in [4.69, 9.17) is 0 Å². The SMILES string of the molecule is O=S1(=O)CCCN1Cc1cc(Br)ccc1F. The van der Waals surface area contributed by atoms with Gasteiger partial charge in [0.25, 0.3) is 0 Å². The van der Waals surface area contributed by atoms with Gasteiger partial charge in [-0.15, -0.1) is 0 Å². The van der Waals surface area contributed by atoms with Crippen molar-refractivity contribution in [1.29, 1.82) is 0 Å². The van der Waals surface area contributed by atoms with Gasteiger partial charge in [0.15, 0.2) is 0 Å². The molecule has 1 aromatic rings. The summed E-state index contributed by atoms with van der Waals surface area (Å²) in [4.78, 5) is 0. The van der Waals surface area contributed by atoms with Crippen molar-refractivity contribution in [3.63, 3.8) is 0 Å². The number of benzene rings is 1. The summed E-state index contributed by atoms with van der Waals surface area (Å²) < 4.78 is 38.6. The summed E-state index contributed by atoms with van der Waals surface area (Å²) in [7, 11) is -3.16. The van der Waals surface area contributed by atoms with Gasteiger partial charge in [0.1, 0.15) is 5.82 Å². The van der Waals surface area contributed by atoms with Crippen molar-refractivity contribution in [2.75, 3.05) is 12.3 Å². The molecule has 1 saturated heterocycles. The second-order valence-corrected chi connectivity index (χ2v) is 6.74. The van der Waals surface area contributed by atoms with Crippen LogP contribution < -0.4 is 0 Å². The van der Waals surface area contributed by atoms with E-state index in [0.717, 1.165) is 4.47 Å². The minimum absolute atomic E-state index is 0.119. The van der Waals surface area contributed by atoms with Crippen molar-refractivity contribution < 1.29 is 12.8 Å². The molecule has 2 rings (SSSR count). The van der Waals surface area contributed by atoms with Gasteiger partial charge >= 0.3 is 0 Å². The highest BCUT2D eigenvalue weighted by Crippen LogP contribution is 2.21. The van der Waals surface area contributed by atoms with E-state index < -0.39 is 10.0 Å². The van der Waals surface area contributed by atoms with Crippen molar-refractivity contribution in [2.45, 2.75) is 13.0 Å². The van der Waals surface area contributed by atoms with Crippen LogP contribution >= 0.6 is 15.9 Å². The van der Waals surface area contributed by atoms with Crippen LogP contribution in [0.3, 0.4) is 0 Å². The van der Waals surface area contributed by atoms with Gasteiger partial charge in [0.2, 0.25) is 10.0 Å². The summed E-state index contributed by atoms with van der Waals surface area (Å²) in [6.07, 6.45) is 0.623. The predicted octanol–water partition coefficient (Wildman–Crippen LogP) is 2.12. The highest BCUT2D eigenvalue weighted by molar-refractivity contribution is 9.10. The maximum Gasteiger partial charge on any atom is 0.214 e. The minimum atomic E-state index is -3.16. The van der Waals surface area contributed by atoms with Gasteiger partial charge in [-0.05, 0) is 24.6 Å². The van der Waals surface area contributed by atoms with Gasteiger partial charge in [-0.1, -0.05) is 15.9 Å². The van der Waals surface area contributed by atoms with Crippen LogP contribution in [0, 0.1) is 5.82 Å². The first-order valence-corrected chi connectivity index (χ1v) is 7.31. The van der Waals surface area contributed by atoms with Gasteiger partial charge in [-0.25, -0.2) is 12.8 Å². The summed E-state index contributed by atoms with van der Waals surface area (Å²) in [6, 6.07) is 4.54. The Balaban J connectivity index is 2.24. The monoisotopic (exact) mass is 307 g/mol. The average molecular weight is 308 g/mol. The number of hydrogen-bond acceptors (Lipinski definition) is 2. The molecule has 0 amide bonds. The highest BCUT2D eigenvalue weighted by Gasteiger charge is 2.28. The molecule has 1 fully saturated rings. The summed E-state index contributed by atoms with van der Waals surface area (Å²) in [5.74, 6) is -0.201. The zero-order valence-electron chi connectivity index (χ0n) is 8.49. The molecule has 0 atom stereocenters. The third-order valence-corrected chi connectivity index (χ3v) is 4.95. The molecule has 6 heteroatoms. The summed E-state index contributed by atoms with van der Waals surface area (Å²) in [6.45, 7) is 0.599. The third kappa shape index (κ3) is 2.44. The van der Waals surface area contributed by atoms with Gasteiger partial charge in [-0.2, -0.15) is 4.31 Å². The molecule has 0 N–H and O–H groups in total. The Labute approximate surface area is 102 Å². The van der Waals surface area contributed by atoms with Crippen LogP contribution in [0.2, 0.25) is 0 Å². The van der Waals surface area contributed by atoms with E-state index in [1.54, 1.807) is 12.1 Å². The standard InChI is InChI=1S/C10H11BrFNO2S/c11-9-2-3-10(12)8(6-9)7-13-4-1-5-16(13,14)15/h2-3,6H,1,4-5,7H2. The smallest absolute Gasteiger partial charge is 0.212 e. The maximum atomic E-state index is 13.4. The molecule has 1 aromatic carbocycles. The lowest BCUT2D eigenvalue weighted by molar-refractivity contribution is 0.430. The van der Waals surface area contributed by atoms with Crippen molar-refractivity contribution in [2.24, 2.45) is 0 Å². The molecule has 0 unspecified atom stereocenters. The summed E-state index contributed by atoms with van der Waals surface area (Å²) in [5.41, 5.74) is 0.403. The number of rotatable bonds is 2. The minimum Gasteiger partial charge on any atom is -0.212 e. The topological polar surface area (TPSA) is 37.4 Å². The molecule has 3 nitrogen and oxygen atoms in total. The van der Waals surface area contributed by atoms with Crippen molar-refractivity contribution in [1.82, 2.24) is 4.31 Å². The fourth-order valence-corrected chi connectivity index (χ4v) is 3.63. The zero-order valence-corrected chi connectivity index (χ0v) is 10.9. The van der Waals surface area contributed by atoms with E-state index in [1.807, 2.05) is 0 Å². The second kappa shape index (κ2) is 4.43. The third-order valence-electron chi connectivity index (χ3n) is 2.56. The van der Waals surface area contributed by atoms with E-state index in [9.17, 15) is 12.8 Å². The first-order chi connectivity index (χ1) is 7.49. The van der Waals surface area contributed by atoms with Gasteiger partial charge in [0.05, 0.1) is 5.75 Å². The van der Waals surface area contributed by atoms with E-state index in [1.165, 1.54) is 10.4 Å². The van der Waals surface area contributed by atoms with Crippen LogP contribution in [-0.4, -0.2) is 25.0 Å². The molecular weight excluding hydrogens is 297 g/mol. The van der Waals surface area contributed by atoms with Gasteiger partial charge in [0, 0.05) is 23.1 Å². The molecule has 0 aromatic heterocycles. The van der Waals surface area contributed by atoms with E-state index in [2.05, 4.69) is 15.9 Å². The lowest BCUT2D eigenvalue weighted by Gasteiger charge is -2.14. The molecule has 1 aliphatic heterocycles. The number of sulfonamides is 1. The van der Waals surface area contributed by atoms with Crippen LogP contribution in [-0.2, 0) is 16.6 Å². The Morgan fingerprint density at radius 2 is 2.19 bits per heavy atom. The number of halogens is 2. The molecule has 88 valence electrons. The molecule has 0 spiro atoms. The Bertz CT molecular complexity index is 504. The largest absolute Gasteiger partial charge is 0.214 e. The van der Waals surface area contributed by atoms with Crippen molar-refractivity contribution in [3.05, 3.63) is 34.1 Å². The van der Waals surface area contributed by atoms with Crippen LogP contribution in [0.25, 0.3) is 0 Å². The zero-order chi connectivity index (χ0) is 11.8. The molecule has 0 saturated carbocycles. The molecular formula is C10H11BrFNO2S. The quantitative estimate of drug-likeness (QED) is 0.839. The second-order valence-electron chi connectivity index (χ2n) is 3.74. The van der Waals surface area contributed by atoms with Gasteiger partial charge < -0.3 is 0 Å². The normalized spacial score (nSPS) is 20.1. The molecule has 0 aliphatic carbocycles. The van der Waals surface area contributed by atoms with E-state index in [0.29, 0.717) is 18.5 Å². The molecule has 16 heavy (non-hydrogen) atoms. The van der Waals surface area contributed by atoms with Gasteiger partial charge in [-0.3, -0.25) is 0 Å². The Morgan fingerprint density at radius 3 is 2.81 bits per heavy atom. The van der Waals surface area contributed by atoms with Crippen LogP contribution in [0.4, 0.5) is 4.39 Å². The lowest BCUT2D eigenvalue weighted by atomic mass is 10.2. The fraction of sp³-hybridized carbons (Fsp3) is 0.400. The Kier molecular flexibility index (Phi) is 3.32. The first-order valence-electron chi connectivity index (χ1n) is 4.91. The van der Waals surface area contributed by atoms with Crippen molar-refractivity contribution in [3.8, 4) is 0 Å². The van der Waals surface area contributed by atoms with Crippen molar-refractivity contribution >= 4 is 26.0 Å². The predicted molar refractivity (Wildman–Crippen MR) is 62.9 cm³/mol. The lowest BCUT2D eigenvalue weighted by Crippen LogP contribution is -2.25. The summed E-state index contributed by atoms with van der Waals surface area (Å²) >= 11 is 3.24. The molecule has 1 aliphatic rings. The average Bonchev–Trinajstić information content (AvgIpc) is 2.52. The Morgan fingerprint density at radius 1 is 1.44 bits per heavy atom. The highest BCUT2D eigenvalue weighted by atomic mass is 79.9. The fourth-order valence-electron chi connectivity index (χ4n) is 1.72. The molecule has 0 bridgehead atoms. The van der Waals surface area contributed by atoms with Crippen LogP contribution in [0.1, 0.15) is 12.0 Å². The van der Waals surface area contributed by atoms with E-state index in [-0.39, 0.29) is 18.1 Å². The molecule has 0 radical (unpaired) electrons. The van der Waals surface area contributed by atoms with E-state index >= 15 is 0 Å². The number of hydrogen-bond donors (Lipinski definition) is 0. The first kappa shape index (κ1) is 12.0. The summed E-state index contributed by atoms with van der Waals surface area (Å²) in [5, 5.41) is 0.